The second-order valence-corrected chi connectivity index (χ2v) is 7.03. The fourth-order valence-electron chi connectivity index (χ4n) is 1.60. The predicted octanol–water partition coefficient (Wildman–Crippen LogP) is 2.89. The maximum absolute atomic E-state index is 11.6. The van der Waals surface area contributed by atoms with Gasteiger partial charge in [-0.15, -0.1) is 11.3 Å². The van der Waals surface area contributed by atoms with Crippen LogP contribution in [0.5, 0.6) is 0 Å². The molecule has 112 valence electrons. The first-order chi connectivity index (χ1) is 9.08. The van der Waals surface area contributed by atoms with E-state index in [2.05, 4.69) is 5.32 Å². The zero-order chi connectivity index (χ0) is 15.5. The van der Waals surface area contributed by atoms with Crippen LogP contribution in [-0.4, -0.2) is 28.8 Å². The Balaban J connectivity index is 2.70. The van der Waals surface area contributed by atoms with Crippen LogP contribution in [0.2, 0.25) is 0 Å². The molecule has 2 N–H and O–H groups in total. The van der Waals surface area contributed by atoms with Crippen LogP contribution in [0.4, 0.5) is 4.79 Å². The van der Waals surface area contributed by atoms with Gasteiger partial charge < -0.3 is 15.2 Å². The fourth-order valence-corrected chi connectivity index (χ4v) is 2.70. The van der Waals surface area contributed by atoms with Crippen molar-refractivity contribution in [2.45, 2.75) is 52.7 Å². The number of carbonyl (C=O) groups excluding carboxylic acids is 1. The normalized spacial score (nSPS) is 12.8. The molecule has 0 aromatic carbocycles. The number of aryl methyl sites for hydroxylation is 2. The number of carbonyl (C=O) groups is 2. The number of rotatable bonds is 4. The molecule has 0 saturated carbocycles. The Morgan fingerprint density at radius 1 is 1.40 bits per heavy atom. The van der Waals surface area contributed by atoms with E-state index in [9.17, 15) is 14.7 Å². The number of hydrogen-bond donors (Lipinski definition) is 2. The third-order valence-corrected chi connectivity index (χ3v) is 3.79. The third kappa shape index (κ3) is 5.21. The lowest BCUT2D eigenvalue weighted by atomic mass is 10.1. The van der Waals surface area contributed by atoms with Gasteiger partial charge in [-0.05, 0) is 46.2 Å². The van der Waals surface area contributed by atoms with Gasteiger partial charge in [0.2, 0.25) is 0 Å². The second-order valence-electron chi connectivity index (χ2n) is 5.69. The van der Waals surface area contributed by atoms with Crippen LogP contribution in [0.25, 0.3) is 0 Å². The van der Waals surface area contributed by atoms with Crippen molar-refractivity contribution in [2.75, 3.05) is 0 Å². The molecule has 1 aromatic rings. The first-order valence-corrected chi connectivity index (χ1v) is 7.18. The number of ether oxygens (including phenoxy) is 1. The van der Waals surface area contributed by atoms with Gasteiger partial charge in [0, 0.05) is 16.2 Å². The van der Waals surface area contributed by atoms with Crippen LogP contribution < -0.4 is 5.32 Å². The molecule has 1 aromatic heterocycles. The van der Waals surface area contributed by atoms with Crippen LogP contribution >= 0.6 is 11.3 Å². The minimum absolute atomic E-state index is 0.258. The highest BCUT2D eigenvalue weighted by Gasteiger charge is 2.24. The molecule has 0 saturated heterocycles. The molecule has 1 unspecified atom stereocenters. The van der Waals surface area contributed by atoms with Crippen molar-refractivity contribution in [2.24, 2.45) is 0 Å². The van der Waals surface area contributed by atoms with Gasteiger partial charge in [-0.3, -0.25) is 0 Å². The number of carboxylic acids is 1. The summed E-state index contributed by atoms with van der Waals surface area (Å²) in [6.07, 6.45) is -0.455. The SMILES string of the molecule is Cc1cc(CC(NC(=O)OC(C)(C)C)C(=O)O)sc1C. The van der Waals surface area contributed by atoms with Crippen molar-refractivity contribution in [3.8, 4) is 0 Å². The molecule has 0 bridgehead atoms. The first-order valence-electron chi connectivity index (χ1n) is 6.36. The molecule has 5 nitrogen and oxygen atoms in total. The number of alkyl carbamates (subject to hydrolysis) is 1. The fraction of sp³-hybridized carbons (Fsp3) is 0.571. The zero-order valence-electron chi connectivity index (χ0n) is 12.4. The van der Waals surface area contributed by atoms with E-state index in [1.807, 2.05) is 19.9 Å². The lowest BCUT2D eigenvalue weighted by Crippen LogP contribution is -2.44. The van der Waals surface area contributed by atoms with Gasteiger partial charge in [0.1, 0.15) is 11.6 Å². The van der Waals surface area contributed by atoms with Gasteiger partial charge in [-0.2, -0.15) is 0 Å². The number of nitrogens with one attached hydrogen (secondary N) is 1. The highest BCUT2D eigenvalue weighted by Crippen LogP contribution is 2.22. The monoisotopic (exact) mass is 299 g/mol. The molecule has 1 atom stereocenters. The summed E-state index contributed by atoms with van der Waals surface area (Å²) in [5.74, 6) is -1.07. The largest absolute Gasteiger partial charge is 0.480 e. The molecule has 0 spiro atoms. The van der Waals surface area contributed by atoms with E-state index in [4.69, 9.17) is 4.74 Å². The summed E-state index contributed by atoms with van der Waals surface area (Å²) in [5, 5.41) is 11.6. The third-order valence-electron chi connectivity index (χ3n) is 2.61. The Morgan fingerprint density at radius 2 is 2.00 bits per heavy atom. The molecule has 0 aliphatic carbocycles. The van der Waals surface area contributed by atoms with E-state index in [1.54, 1.807) is 32.1 Å². The van der Waals surface area contributed by atoms with Crippen molar-refractivity contribution < 1.29 is 19.4 Å². The minimum atomic E-state index is -1.07. The van der Waals surface area contributed by atoms with Crippen LogP contribution in [0.1, 0.15) is 36.1 Å². The molecule has 1 rings (SSSR count). The number of aliphatic carboxylic acids is 1. The maximum atomic E-state index is 11.6. The second kappa shape index (κ2) is 6.26. The lowest BCUT2D eigenvalue weighted by molar-refractivity contribution is -0.139. The molecule has 0 aliphatic rings. The molecular weight excluding hydrogens is 278 g/mol. The van der Waals surface area contributed by atoms with Gasteiger partial charge in [-0.25, -0.2) is 9.59 Å². The van der Waals surface area contributed by atoms with Gasteiger partial charge in [0.15, 0.2) is 0 Å². The van der Waals surface area contributed by atoms with E-state index in [-0.39, 0.29) is 6.42 Å². The topological polar surface area (TPSA) is 75.6 Å². The highest BCUT2D eigenvalue weighted by atomic mass is 32.1. The van der Waals surface area contributed by atoms with E-state index in [1.165, 1.54) is 0 Å². The van der Waals surface area contributed by atoms with Crippen molar-refractivity contribution in [1.82, 2.24) is 5.32 Å². The van der Waals surface area contributed by atoms with Gasteiger partial charge in [0.05, 0.1) is 0 Å². The molecule has 1 amide bonds. The number of hydrogen-bond acceptors (Lipinski definition) is 4. The smallest absolute Gasteiger partial charge is 0.408 e. The van der Waals surface area contributed by atoms with Crippen molar-refractivity contribution >= 4 is 23.4 Å². The van der Waals surface area contributed by atoms with Crippen LogP contribution in [-0.2, 0) is 16.0 Å². The van der Waals surface area contributed by atoms with E-state index < -0.39 is 23.7 Å². The Labute approximate surface area is 123 Å². The molecule has 0 radical (unpaired) electrons. The average molecular weight is 299 g/mol. The summed E-state index contributed by atoms with van der Waals surface area (Å²) in [5.41, 5.74) is 0.481. The quantitative estimate of drug-likeness (QED) is 0.896. The summed E-state index contributed by atoms with van der Waals surface area (Å²) in [7, 11) is 0. The van der Waals surface area contributed by atoms with Crippen molar-refractivity contribution in [3.63, 3.8) is 0 Å². The number of carboxylic acid groups (broad SMARTS) is 1. The number of amides is 1. The zero-order valence-corrected chi connectivity index (χ0v) is 13.3. The minimum Gasteiger partial charge on any atom is -0.480 e. The van der Waals surface area contributed by atoms with Crippen LogP contribution in [0.3, 0.4) is 0 Å². The van der Waals surface area contributed by atoms with E-state index >= 15 is 0 Å². The standard InChI is InChI=1S/C14H21NO4S/c1-8-6-10(20-9(8)2)7-11(12(16)17)15-13(18)19-14(3,4)5/h6,11H,7H2,1-5H3,(H,15,18)(H,16,17). The van der Waals surface area contributed by atoms with Gasteiger partial charge >= 0.3 is 12.1 Å². The van der Waals surface area contributed by atoms with Crippen LogP contribution in [0.15, 0.2) is 6.07 Å². The van der Waals surface area contributed by atoms with Gasteiger partial charge in [0.25, 0.3) is 0 Å². The summed E-state index contributed by atoms with van der Waals surface area (Å²) in [4.78, 5) is 25.0. The Bertz CT molecular complexity index is 482. The molecule has 1 heterocycles. The summed E-state index contributed by atoms with van der Waals surface area (Å²) in [6.45, 7) is 9.16. The Hall–Kier alpha value is -1.56. The Morgan fingerprint density at radius 3 is 2.40 bits per heavy atom. The van der Waals surface area contributed by atoms with Crippen molar-refractivity contribution in [1.29, 1.82) is 0 Å². The first kappa shape index (κ1) is 16.5. The van der Waals surface area contributed by atoms with Gasteiger partial charge in [-0.1, -0.05) is 0 Å². The van der Waals surface area contributed by atoms with Crippen molar-refractivity contribution in [3.05, 3.63) is 21.4 Å². The summed E-state index contributed by atoms with van der Waals surface area (Å²) < 4.78 is 5.08. The molecule has 0 aliphatic heterocycles. The highest BCUT2D eigenvalue weighted by molar-refractivity contribution is 7.12. The van der Waals surface area contributed by atoms with Crippen LogP contribution in [0, 0.1) is 13.8 Å². The number of thiophene rings is 1. The molecular formula is C14H21NO4S. The Kier molecular flexibility index (Phi) is 5.16. The lowest BCUT2D eigenvalue weighted by Gasteiger charge is -2.21. The molecule has 0 fully saturated rings. The molecule has 6 heteroatoms. The van der Waals surface area contributed by atoms with E-state index in [0.717, 1.165) is 15.3 Å². The summed E-state index contributed by atoms with van der Waals surface area (Å²) in [6, 6.07) is 0.967. The predicted molar refractivity (Wildman–Crippen MR) is 78.3 cm³/mol. The van der Waals surface area contributed by atoms with E-state index in [0.29, 0.717) is 0 Å². The summed E-state index contributed by atoms with van der Waals surface area (Å²) >= 11 is 1.54. The maximum Gasteiger partial charge on any atom is 0.408 e. The average Bonchev–Trinajstić information content (AvgIpc) is 2.54. The molecule has 20 heavy (non-hydrogen) atoms.